The van der Waals surface area contributed by atoms with E-state index < -0.39 is 0 Å². The highest BCUT2D eigenvalue weighted by Crippen LogP contribution is 2.00. The molecule has 0 aromatic rings. The van der Waals surface area contributed by atoms with Gasteiger partial charge in [-0.1, -0.05) is 13.8 Å². The summed E-state index contributed by atoms with van der Waals surface area (Å²) in [4.78, 5) is 2.34. The molecule has 0 aliphatic rings. The summed E-state index contributed by atoms with van der Waals surface area (Å²) in [6.45, 7) is 5.70. The molecule has 0 fully saturated rings. The van der Waals surface area contributed by atoms with Gasteiger partial charge in [0.25, 0.3) is 0 Å². The van der Waals surface area contributed by atoms with Gasteiger partial charge in [0.15, 0.2) is 0 Å². The van der Waals surface area contributed by atoms with E-state index in [0.29, 0.717) is 0 Å². The third kappa shape index (κ3) is 6.19. The zero-order valence-corrected chi connectivity index (χ0v) is 7.66. The van der Waals surface area contributed by atoms with Gasteiger partial charge < -0.3 is 0 Å². The summed E-state index contributed by atoms with van der Waals surface area (Å²) in [5.41, 5.74) is 0. The molecule has 0 N–H and O–H groups in total. The Bertz CT molecular complexity index is 63.9. The lowest BCUT2D eigenvalue weighted by Gasteiger charge is -2.16. The Hall–Kier alpha value is 0.310. The number of hydrogen-bond acceptors (Lipinski definition) is 2. The highest BCUT2D eigenvalue weighted by atomic mass is 32.2. The Kier molecular flexibility index (Phi) is 5.30. The molecule has 0 aliphatic carbocycles. The van der Waals surface area contributed by atoms with E-state index in [4.69, 9.17) is 0 Å². The molecule has 0 aliphatic heterocycles. The molecule has 0 saturated heterocycles. The van der Waals surface area contributed by atoms with Crippen molar-refractivity contribution in [3.05, 3.63) is 0 Å². The van der Waals surface area contributed by atoms with Gasteiger partial charge in [-0.15, -0.1) is 11.8 Å². The van der Waals surface area contributed by atoms with Crippen molar-refractivity contribution in [3.8, 4) is 0 Å². The van der Waals surface area contributed by atoms with E-state index in [9.17, 15) is 0 Å². The van der Waals surface area contributed by atoms with Crippen molar-refractivity contribution < 1.29 is 0 Å². The van der Waals surface area contributed by atoms with Crippen molar-refractivity contribution in [2.45, 2.75) is 13.8 Å². The summed E-state index contributed by atoms with van der Waals surface area (Å²) in [5.74, 6) is 1.94. The van der Waals surface area contributed by atoms with Crippen LogP contribution in [0.2, 0.25) is 0 Å². The van der Waals surface area contributed by atoms with Crippen LogP contribution in [-0.4, -0.2) is 30.6 Å². The minimum absolute atomic E-state index is 0.794. The van der Waals surface area contributed by atoms with Crippen LogP contribution in [0.25, 0.3) is 0 Å². The lowest BCUT2D eigenvalue weighted by atomic mass is 10.2. The van der Waals surface area contributed by atoms with Gasteiger partial charge in [-0.2, -0.15) is 0 Å². The third-order valence-electron chi connectivity index (χ3n) is 1.03. The molecule has 9 heavy (non-hydrogen) atoms. The molecule has 0 spiro atoms. The Morgan fingerprint density at radius 1 is 1.44 bits per heavy atom. The Morgan fingerprint density at radius 3 is 2.33 bits per heavy atom. The van der Waals surface area contributed by atoms with E-state index in [-0.39, 0.29) is 0 Å². The monoisotopic (exact) mass is 147 g/mol. The van der Waals surface area contributed by atoms with Gasteiger partial charge in [-0.25, -0.2) is 0 Å². The van der Waals surface area contributed by atoms with Crippen LogP contribution < -0.4 is 0 Å². The molecule has 0 radical (unpaired) electrons. The van der Waals surface area contributed by atoms with Gasteiger partial charge >= 0.3 is 0 Å². The summed E-state index contributed by atoms with van der Waals surface area (Å²) < 4.78 is 0. The topological polar surface area (TPSA) is 3.24 Å². The van der Waals surface area contributed by atoms with Crippen molar-refractivity contribution in [3.63, 3.8) is 0 Å². The van der Waals surface area contributed by atoms with Gasteiger partial charge in [0.05, 0.1) is 0 Å². The van der Waals surface area contributed by atoms with Crippen LogP contribution in [0, 0.1) is 5.92 Å². The quantitative estimate of drug-likeness (QED) is 0.559. The van der Waals surface area contributed by atoms with Crippen LogP contribution in [-0.2, 0) is 0 Å². The van der Waals surface area contributed by atoms with Gasteiger partial charge in [-0.3, -0.25) is 4.90 Å². The van der Waals surface area contributed by atoms with Crippen LogP contribution in [0.1, 0.15) is 13.8 Å². The summed E-state index contributed by atoms with van der Waals surface area (Å²) >= 11 is 1.88. The second-order valence-corrected chi connectivity index (χ2v) is 3.69. The highest BCUT2D eigenvalue weighted by Gasteiger charge is 1.98. The first-order chi connectivity index (χ1) is 4.16. The molecule has 0 amide bonds. The zero-order chi connectivity index (χ0) is 7.28. The van der Waals surface area contributed by atoms with Crippen LogP contribution in [0.3, 0.4) is 0 Å². The summed E-state index contributed by atoms with van der Waals surface area (Å²) in [7, 11) is 2.16. The Labute approximate surface area is 62.8 Å². The molecule has 0 atom stereocenters. The van der Waals surface area contributed by atoms with Crippen LogP contribution in [0.15, 0.2) is 0 Å². The maximum Gasteiger partial charge on any atom is 0.0438 e. The molecule has 56 valence electrons. The third-order valence-corrected chi connectivity index (χ3v) is 1.73. The SMILES string of the molecule is CSCN(C)CC(C)C. The summed E-state index contributed by atoms with van der Waals surface area (Å²) in [5, 5.41) is 0. The molecule has 1 nitrogen and oxygen atoms in total. The Morgan fingerprint density at radius 2 is 2.00 bits per heavy atom. The fraction of sp³-hybridized carbons (Fsp3) is 1.00. The van der Waals surface area contributed by atoms with Crippen molar-refractivity contribution in [2.24, 2.45) is 5.92 Å². The van der Waals surface area contributed by atoms with Crippen LogP contribution in [0.5, 0.6) is 0 Å². The normalized spacial score (nSPS) is 11.3. The van der Waals surface area contributed by atoms with Gasteiger partial charge in [-0.05, 0) is 19.2 Å². The average Bonchev–Trinajstić information content (AvgIpc) is 1.63. The highest BCUT2D eigenvalue weighted by molar-refractivity contribution is 7.98. The summed E-state index contributed by atoms with van der Waals surface area (Å²) in [6, 6.07) is 0. The zero-order valence-electron chi connectivity index (χ0n) is 6.85. The number of hydrogen-bond donors (Lipinski definition) is 0. The lowest BCUT2D eigenvalue weighted by molar-refractivity contribution is 0.342. The molecule has 0 bridgehead atoms. The van der Waals surface area contributed by atoms with E-state index in [0.717, 1.165) is 11.8 Å². The van der Waals surface area contributed by atoms with Crippen molar-refractivity contribution in [1.29, 1.82) is 0 Å². The predicted molar refractivity (Wildman–Crippen MR) is 45.9 cm³/mol. The van der Waals surface area contributed by atoms with E-state index in [1.165, 1.54) is 6.54 Å². The second kappa shape index (κ2) is 5.12. The average molecular weight is 147 g/mol. The molecule has 0 rings (SSSR count). The molecular weight excluding hydrogens is 130 g/mol. The molecule has 0 unspecified atom stereocenters. The van der Waals surface area contributed by atoms with Crippen molar-refractivity contribution >= 4 is 11.8 Å². The summed E-state index contributed by atoms with van der Waals surface area (Å²) in [6.07, 6.45) is 2.14. The van der Waals surface area contributed by atoms with Crippen LogP contribution >= 0.6 is 11.8 Å². The predicted octanol–water partition coefficient (Wildman–Crippen LogP) is 1.89. The van der Waals surface area contributed by atoms with Crippen LogP contribution in [0.4, 0.5) is 0 Å². The Balaban J connectivity index is 3.15. The molecule has 2 heteroatoms. The first-order valence-electron chi connectivity index (χ1n) is 3.34. The fourth-order valence-electron chi connectivity index (χ4n) is 0.896. The minimum Gasteiger partial charge on any atom is -0.297 e. The van der Waals surface area contributed by atoms with E-state index in [2.05, 4.69) is 32.1 Å². The first-order valence-corrected chi connectivity index (χ1v) is 4.73. The van der Waals surface area contributed by atoms with Gasteiger partial charge in [0, 0.05) is 12.4 Å². The standard InChI is InChI=1S/C7H17NS/c1-7(2)5-8(3)6-9-4/h7H,5-6H2,1-4H3. The minimum atomic E-state index is 0.794. The molecule has 0 saturated carbocycles. The molecule has 0 heterocycles. The molecule has 0 aromatic heterocycles. The first kappa shape index (κ1) is 9.31. The van der Waals surface area contributed by atoms with E-state index in [1.807, 2.05) is 11.8 Å². The van der Waals surface area contributed by atoms with Crippen molar-refractivity contribution in [2.75, 3.05) is 25.7 Å². The van der Waals surface area contributed by atoms with E-state index in [1.54, 1.807) is 0 Å². The maximum absolute atomic E-state index is 2.34. The van der Waals surface area contributed by atoms with Gasteiger partial charge in [0.1, 0.15) is 0 Å². The number of rotatable bonds is 4. The number of nitrogens with zero attached hydrogens (tertiary/aromatic N) is 1. The largest absolute Gasteiger partial charge is 0.297 e. The smallest absolute Gasteiger partial charge is 0.0438 e. The lowest BCUT2D eigenvalue weighted by Crippen LogP contribution is -2.22. The van der Waals surface area contributed by atoms with Crippen molar-refractivity contribution in [1.82, 2.24) is 4.90 Å². The molecule has 0 aromatic carbocycles. The van der Waals surface area contributed by atoms with Gasteiger partial charge in [0.2, 0.25) is 0 Å². The molecular formula is C7H17NS. The fourth-order valence-corrected chi connectivity index (χ4v) is 1.44. The second-order valence-electron chi connectivity index (χ2n) is 2.85. The number of thioether (sulfide) groups is 1. The van der Waals surface area contributed by atoms with E-state index >= 15 is 0 Å². The maximum atomic E-state index is 2.34.